The maximum Gasteiger partial charge on any atom is 0.0897 e. The van der Waals surface area contributed by atoms with Crippen molar-refractivity contribution in [3.8, 4) is 0 Å². The predicted octanol–water partition coefficient (Wildman–Crippen LogP) is -0.00810. The highest BCUT2D eigenvalue weighted by molar-refractivity contribution is 4.59. The Labute approximate surface area is 86.3 Å². The monoisotopic (exact) mass is 205 g/mol. The zero-order valence-electron chi connectivity index (χ0n) is 9.20. The van der Waals surface area contributed by atoms with Gasteiger partial charge in [0, 0.05) is 20.3 Å². The Kier molecular flexibility index (Phi) is 9.29. The first-order valence-electron chi connectivity index (χ1n) is 5.19. The van der Waals surface area contributed by atoms with Gasteiger partial charge in [-0.1, -0.05) is 6.92 Å². The summed E-state index contributed by atoms with van der Waals surface area (Å²) in [4.78, 5) is 0. The number of hydrogen-bond acceptors (Lipinski definition) is 4. The first-order chi connectivity index (χ1) is 6.70. The highest BCUT2D eigenvalue weighted by Crippen LogP contribution is 2.02. The van der Waals surface area contributed by atoms with Crippen LogP contribution in [0.1, 0.15) is 19.8 Å². The minimum absolute atomic E-state index is 0.256. The van der Waals surface area contributed by atoms with Gasteiger partial charge < -0.3 is 20.3 Å². The molecule has 4 heteroatoms. The summed E-state index contributed by atoms with van der Waals surface area (Å²) in [6, 6.07) is 0. The van der Waals surface area contributed by atoms with Gasteiger partial charge in [0.25, 0.3) is 0 Å². The lowest BCUT2D eigenvalue weighted by Gasteiger charge is -2.11. The van der Waals surface area contributed by atoms with Crippen LogP contribution in [0, 0.1) is 5.92 Å². The summed E-state index contributed by atoms with van der Waals surface area (Å²) < 4.78 is 4.79. The molecule has 0 aliphatic carbocycles. The van der Waals surface area contributed by atoms with Crippen LogP contribution in [0.2, 0.25) is 0 Å². The quantitative estimate of drug-likeness (QED) is 0.463. The Morgan fingerprint density at radius 3 is 2.71 bits per heavy atom. The minimum atomic E-state index is -0.421. The van der Waals surface area contributed by atoms with Crippen LogP contribution in [0.15, 0.2) is 0 Å². The highest BCUT2D eigenvalue weighted by Gasteiger charge is 2.02. The van der Waals surface area contributed by atoms with Gasteiger partial charge in [0.2, 0.25) is 0 Å². The molecule has 0 aromatic heterocycles. The van der Waals surface area contributed by atoms with Gasteiger partial charge in [0.15, 0.2) is 0 Å². The average Bonchev–Trinajstić information content (AvgIpc) is 2.17. The van der Waals surface area contributed by atoms with Crippen molar-refractivity contribution in [1.82, 2.24) is 5.32 Å². The maximum absolute atomic E-state index is 9.28. The van der Waals surface area contributed by atoms with E-state index in [4.69, 9.17) is 9.84 Å². The van der Waals surface area contributed by atoms with E-state index in [0.717, 1.165) is 19.4 Å². The zero-order valence-corrected chi connectivity index (χ0v) is 9.20. The van der Waals surface area contributed by atoms with E-state index in [9.17, 15) is 5.11 Å². The Morgan fingerprint density at radius 1 is 1.43 bits per heavy atom. The van der Waals surface area contributed by atoms with Gasteiger partial charge in [0.05, 0.1) is 12.7 Å². The number of ether oxygens (including phenoxy) is 1. The van der Waals surface area contributed by atoms with Crippen molar-refractivity contribution in [1.29, 1.82) is 0 Å². The van der Waals surface area contributed by atoms with Crippen LogP contribution >= 0.6 is 0 Å². The molecular weight excluding hydrogens is 182 g/mol. The van der Waals surface area contributed by atoms with Gasteiger partial charge in [-0.25, -0.2) is 0 Å². The second-order valence-corrected chi connectivity index (χ2v) is 3.74. The van der Waals surface area contributed by atoms with Crippen molar-refractivity contribution in [2.24, 2.45) is 5.92 Å². The van der Waals surface area contributed by atoms with Gasteiger partial charge in [-0.3, -0.25) is 0 Å². The third kappa shape index (κ3) is 8.44. The highest BCUT2D eigenvalue weighted by atomic mass is 16.5. The summed E-state index contributed by atoms with van der Waals surface area (Å²) in [5.41, 5.74) is 0. The molecule has 0 bridgehead atoms. The van der Waals surface area contributed by atoms with E-state index in [0.29, 0.717) is 19.1 Å². The molecule has 0 radical (unpaired) electrons. The van der Waals surface area contributed by atoms with Crippen molar-refractivity contribution < 1.29 is 14.9 Å². The normalized spacial score (nSPS) is 15.4. The van der Waals surface area contributed by atoms with E-state index in [1.807, 2.05) is 6.92 Å². The molecule has 0 heterocycles. The molecule has 0 aromatic carbocycles. The summed E-state index contributed by atoms with van der Waals surface area (Å²) in [6.07, 6.45) is 1.63. The summed E-state index contributed by atoms with van der Waals surface area (Å²) in [7, 11) is 1.58. The van der Waals surface area contributed by atoms with E-state index in [-0.39, 0.29) is 6.61 Å². The largest absolute Gasteiger partial charge is 0.396 e. The Morgan fingerprint density at radius 2 is 2.14 bits per heavy atom. The molecule has 0 saturated carbocycles. The molecule has 0 rings (SSSR count). The lowest BCUT2D eigenvalue weighted by Crippen LogP contribution is -2.30. The molecule has 0 spiro atoms. The summed E-state index contributed by atoms with van der Waals surface area (Å²) in [5.74, 6) is 0.376. The lowest BCUT2D eigenvalue weighted by molar-refractivity contribution is 0.0645. The van der Waals surface area contributed by atoms with Crippen LogP contribution in [0.25, 0.3) is 0 Å². The van der Waals surface area contributed by atoms with Gasteiger partial charge >= 0.3 is 0 Å². The van der Waals surface area contributed by atoms with E-state index < -0.39 is 6.10 Å². The number of aliphatic hydroxyl groups excluding tert-OH is 2. The number of rotatable bonds is 9. The first-order valence-corrected chi connectivity index (χ1v) is 5.19. The summed E-state index contributed by atoms with van der Waals surface area (Å²) >= 11 is 0. The van der Waals surface area contributed by atoms with Crippen molar-refractivity contribution in [3.63, 3.8) is 0 Å². The molecule has 0 aliphatic heterocycles. The van der Waals surface area contributed by atoms with Gasteiger partial charge in [-0.15, -0.1) is 0 Å². The van der Waals surface area contributed by atoms with E-state index in [1.54, 1.807) is 7.11 Å². The summed E-state index contributed by atoms with van der Waals surface area (Å²) in [6.45, 7) is 4.11. The molecule has 14 heavy (non-hydrogen) atoms. The Balaban J connectivity index is 3.13. The molecule has 0 amide bonds. The third-order valence-electron chi connectivity index (χ3n) is 2.10. The molecule has 3 N–H and O–H groups in total. The van der Waals surface area contributed by atoms with Crippen molar-refractivity contribution in [2.45, 2.75) is 25.9 Å². The number of nitrogens with one attached hydrogen (secondary N) is 1. The molecular formula is C10H23NO3. The number of aliphatic hydroxyl groups is 2. The molecule has 0 aromatic rings. The van der Waals surface area contributed by atoms with Gasteiger partial charge in [-0.05, 0) is 25.3 Å². The van der Waals surface area contributed by atoms with Crippen molar-refractivity contribution in [3.05, 3.63) is 0 Å². The molecule has 4 nitrogen and oxygen atoms in total. The molecule has 0 saturated heterocycles. The van der Waals surface area contributed by atoms with Crippen LogP contribution in [0.3, 0.4) is 0 Å². The fourth-order valence-corrected chi connectivity index (χ4v) is 1.19. The maximum atomic E-state index is 9.28. The van der Waals surface area contributed by atoms with Crippen LogP contribution in [-0.4, -0.2) is 49.7 Å². The number of hydrogen-bond donors (Lipinski definition) is 3. The van der Waals surface area contributed by atoms with Crippen molar-refractivity contribution in [2.75, 3.05) is 33.4 Å². The van der Waals surface area contributed by atoms with Crippen LogP contribution in [0.5, 0.6) is 0 Å². The van der Waals surface area contributed by atoms with Crippen LogP contribution < -0.4 is 5.32 Å². The molecule has 86 valence electrons. The van der Waals surface area contributed by atoms with Crippen LogP contribution in [-0.2, 0) is 4.74 Å². The van der Waals surface area contributed by atoms with Crippen molar-refractivity contribution >= 4 is 0 Å². The lowest BCUT2D eigenvalue weighted by atomic mass is 10.1. The SMILES string of the molecule is COCC(O)CNCCCC(C)CO. The van der Waals surface area contributed by atoms with E-state index in [2.05, 4.69) is 5.32 Å². The smallest absolute Gasteiger partial charge is 0.0897 e. The second-order valence-electron chi connectivity index (χ2n) is 3.74. The van der Waals surface area contributed by atoms with Gasteiger partial charge in [-0.2, -0.15) is 0 Å². The van der Waals surface area contributed by atoms with E-state index in [1.165, 1.54) is 0 Å². The minimum Gasteiger partial charge on any atom is -0.396 e. The summed E-state index contributed by atoms with van der Waals surface area (Å²) in [5, 5.41) is 21.2. The topological polar surface area (TPSA) is 61.7 Å². The average molecular weight is 205 g/mol. The van der Waals surface area contributed by atoms with Crippen LogP contribution in [0.4, 0.5) is 0 Å². The zero-order chi connectivity index (χ0) is 10.8. The van der Waals surface area contributed by atoms with E-state index >= 15 is 0 Å². The molecule has 0 fully saturated rings. The third-order valence-corrected chi connectivity index (χ3v) is 2.10. The predicted molar refractivity (Wildman–Crippen MR) is 56.2 cm³/mol. The standard InChI is InChI=1S/C10H23NO3/c1-9(7-12)4-3-5-11-6-10(13)8-14-2/h9-13H,3-8H2,1-2H3. The number of methoxy groups -OCH3 is 1. The fourth-order valence-electron chi connectivity index (χ4n) is 1.19. The Bertz CT molecular complexity index is 122. The first kappa shape index (κ1) is 13.8. The Hall–Kier alpha value is -0.160. The molecule has 0 aliphatic rings. The molecule has 2 atom stereocenters. The van der Waals surface area contributed by atoms with Gasteiger partial charge in [0.1, 0.15) is 0 Å². The fraction of sp³-hybridized carbons (Fsp3) is 1.00. The second kappa shape index (κ2) is 9.40. The molecule has 2 unspecified atom stereocenters.